The molecule has 31 heavy (non-hydrogen) atoms. The average molecular weight is 420 g/mol. The first kappa shape index (κ1) is 21.1. The van der Waals surface area contributed by atoms with Crippen LogP contribution in [0.5, 0.6) is 5.75 Å². The molecule has 162 valence electrons. The zero-order valence-electron chi connectivity index (χ0n) is 17.9. The quantitative estimate of drug-likeness (QED) is 0.596. The Labute approximate surface area is 183 Å². The lowest BCUT2D eigenvalue weighted by atomic mass is 10.0. The molecule has 1 fully saturated rings. The third-order valence-electron chi connectivity index (χ3n) is 5.67. The van der Waals surface area contributed by atoms with E-state index in [2.05, 4.69) is 27.3 Å². The van der Waals surface area contributed by atoms with Gasteiger partial charge in [-0.2, -0.15) is 0 Å². The van der Waals surface area contributed by atoms with Crippen LogP contribution in [0.4, 0.5) is 0 Å². The number of aryl methyl sites for hydroxylation is 1. The summed E-state index contributed by atoms with van der Waals surface area (Å²) in [5, 5.41) is 3.18. The molecule has 1 amide bonds. The molecule has 1 saturated heterocycles. The molecule has 0 saturated carbocycles. The first-order valence-corrected chi connectivity index (χ1v) is 10.8. The number of hydrogen-bond donors (Lipinski definition) is 1. The van der Waals surface area contributed by atoms with Crippen LogP contribution < -0.4 is 10.1 Å². The minimum atomic E-state index is 0.0608. The first-order chi connectivity index (χ1) is 15.2. The van der Waals surface area contributed by atoms with Gasteiger partial charge in [-0.15, -0.1) is 0 Å². The Morgan fingerprint density at radius 3 is 2.74 bits per heavy atom. The minimum absolute atomic E-state index is 0.0608. The van der Waals surface area contributed by atoms with Crippen molar-refractivity contribution < 1.29 is 13.9 Å². The number of oxazole rings is 1. The van der Waals surface area contributed by atoms with Crippen LogP contribution in [0.25, 0.3) is 11.3 Å². The van der Waals surface area contributed by atoms with Gasteiger partial charge in [-0.05, 0) is 30.5 Å². The summed E-state index contributed by atoms with van der Waals surface area (Å²) in [5.74, 6) is 2.29. The van der Waals surface area contributed by atoms with Gasteiger partial charge in [-0.1, -0.05) is 42.5 Å². The highest BCUT2D eigenvalue weighted by Crippen LogP contribution is 2.21. The van der Waals surface area contributed by atoms with E-state index in [-0.39, 0.29) is 11.9 Å². The lowest BCUT2D eigenvalue weighted by molar-refractivity contribution is -0.122. The lowest BCUT2D eigenvalue weighted by Gasteiger charge is -2.32. The zero-order valence-corrected chi connectivity index (χ0v) is 17.9. The van der Waals surface area contributed by atoms with Gasteiger partial charge in [-0.3, -0.25) is 9.69 Å². The Bertz CT molecular complexity index is 978. The molecule has 0 atom stereocenters. The molecule has 2 aromatic carbocycles. The number of ether oxygens (including phenoxy) is 1. The van der Waals surface area contributed by atoms with Crippen molar-refractivity contribution in [1.82, 2.24) is 15.2 Å². The molecule has 0 spiro atoms. The van der Waals surface area contributed by atoms with E-state index in [1.54, 1.807) is 13.3 Å². The minimum Gasteiger partial charge on any atom is -0.497 e. The second kappa shape index (κ2) is 10.3. The largest absolute Gasteiger partial charge is 0.497 e. The number of amides is 1. The van der Waals surface area contributed by atoms with Crippen molar-refractivity contribution in [3.63, 3.8) is 0 Å². The van der Waals surface area contributed by atoms with E-state index in [0.29, 0.717) is 18.7 Å². The van der Waals surface area contributed by atoms with Gasteiger partial charge in [0.15, 0.2) is 11.7 Å². The van der Waals surface area contributed by atoms with E-state index >= 15 is 0 Å². The molecule has 6 nitrogen and oxygen atoms in total. The molecule has 0 unspecified atom stereocenters. The summed E-state index contributed by atoms with van der Waals surface area (Å²) in [4.78, 5) is 19.1. The van der Waals surface area contributed by atoms with Crippen LogP contribution in [-0.4, -0.2) is 42.0 Å². The fourth-order valence-corrected chi connectivity index (χ4v) is 3.95. The summed E-state index contributed by atoms with van der Waals surface area (Å²) >= 11 is 0. The number of piperidine rings is 1. The molecule has 0 radical (unpaired) electrons. The maximum atomic E-state index is 12.4. The second-order valence-electron chi connectivity index (χ2n) is 7.95. The number of aromatic nitrogens is 1. The van der Waals surface area contributed by atoms with Crippen LogP contribution >= 0.6 is 0 Å². The third kappa shape index (κ3) is 5.95. The fourth-order valence-electron chi connectivity index (χ4n) is 3.95. The first-order valence-electron chi connectivity index (χ1n) is 10.8. The average Bonchev–Trinajstić information content (AvgIpc) is 3.29. The van der Waals surface area contributed by atoms with Gasteiger partial charge in [-0.25, -0.2) is 4.98 Å². The van der Waals surface area contributed by atoms with Crippen molar-refractivity contribution in [2.24, 2.45) is 0 Å². The molecule has 3 aromatic rings. The van der Waals surface area contributed by atoms with E-state index < -0.39 is 0 Å². The summed E-state index contributed by atoms with van der Waals surface area (Å²) in [5.41, 5.74) is 2.24. The summed E-state index contributed by atoms with van der Waals surface area (Å²) in [6.45, 7) is 2.86. The number of rotatable bonds is 8. The Kier molecular flexibility index (Phi) is 6.99. The number of carbonyl (C=O) groups is 1. The molecule has 4 rings (SSSR count). The summed E-state index contributed by atoms with van der Waals surface area (Å²) < 4.78 is 11.1. The van der Waals surface area contributed by atoms with Crippen molar-refractivity contribution in [1.29, 1.82) is 0 Å². The van der Waals surface area contributed by atoms with Gasteiger partial charge >= 0.3 is 0 Å². The molecule has 2 heterocycles. The van der Waals surface area contributed by atoms with Crippen LogP contribution in [0.3, 0.4) is 0 Å². The summed E-state index contributed by atoms with van der Waals surface area (Å²) in [6, 6.07) is 18.3. The number of carbonyl (C=O) groups excluding carboxylic acids is 1. The Balaban J connectivity index is 1.18. The van der Waals surface area contributed by atoms with Gasteiger partial charge < -0.3 is 14.5 Å². The topological polar surface area (TPSA) is 67.6 Å². The van der Waals surface area contributed by atoms with Gasteiger partial charge in [0.25, 0.3) is 0 Å². The maximum Gasteiger partial charge on any atom is 0.220 e. The molecule has 6 heteroatoms. The van der Waals surface area contributed by atoms with E-state index in [1.165, 1.54) is 5.56 Å². The van der Waals surface area contributed by atoms with Gasteiger partial charge in [0, 0.05) is 44.1 Å². The van der Waals surface area contributed by atoms with Crippen LogP contribution in [0.15, 0.2) is 65.2 Å². The highest BCUT2D eigenvalue weighted by Gasteiger charge is 2.21. The van der Waals surface area contributed by atoms with Crippen LogP contribution in [0.2, 0.25) is 0 Å². The molecule has 1 N–H and O–H groups in total. The molecule has 1 aromatic heterocycles. The lowest BCUT2D eigenvalue weighted by Crippen LogP contribution is -2.44. The third-order valence-corrected chi connectivity index (χ3v) is 5.67. The van der Waals surface area contributed by atoms with Gasteiger partial charge in [0.1, 0.15) is 5.75 Å². The second-order valence-corrected chi connectivity index (χ2v) is 7.95. The van der Waals surface area contributed by atoms with E-state index in [0.717, 1.165) is 49.5 Å². The highest BCUT2D eigenvalue weighted by molar-refractivity contribution is 5.76. The number of methoxy groups -OCH3 is 1. The van der Waals surface area contributed by atoms with Gasteiger partial charge in [0.05, 0.1) is 13.3 Å². The fraction of sp³-hybridized carbons (Fsp3) is 0.360. The molecule has 1 aliphatic heterocycles. The van der Waals surface area contributed by atoms with Crippen LogP contribution in [-0.2, 0) is 17.8 Å². The highest BCUT2D eigenvalue weighted by atomic mass is 16.5. The normalized spacial score (nSPS) is 15.0. The van der Waals surface area contributed by atoms with Crippen molar-refractivity contribution in [2.45, 2.75) is 38.3 Å². The number of likely N-dealkylation sites (tertiary alicyclic amines) is 1. The molecule has 0 aliphatic carbocycles. The molecular formula is C25H29N3O3. The number of nitrogens with one attached hydrogen (secondary N) is 1. The number of nitrogens with zero attached hydrogens (tertiary/aromatic N) is 2. The zero-order chi connectivity index (χ0) is 21.5. The molecule has 0 bridgehead atoms. The van der Waals surface area contributed by atoms with E-state index in [4.69, 9.17) is 9.15 Å². The summed E-state index contributed by atoms with van der Waals surface area (Å²) in [6.07, 6.45) is 4.55. The summed E-state index contributed by atoms with van der Waals surface area (Å²) in [7, 11) is 1.69. The number of benzene rings is 2. The van der Waals surface area contributed by atoms with Crippen molar-refractivity contribution in [3.8, 4) is 17.1 Å². The maximum absolute atomic E-state index is 12.4. The van der Waals surface area contributed by atoms with E-state index in [9.17, 15) is 4.79 Å². The molecule has 1 aliphatic rings. The van der Waals surface area contributed by atoms with E-state index in [1.807, 2.05) is 42.5 Å². The van der Waals surface area contributed by atoms with Gasteiger partial charge in [0.2, 0.25) is 5.91 Å². The SMILES string of the molecule is COc1cccc(CN2CCC(NC(=O)CCc3ncc(-c4ccccc4)o3)CC2)c1. The molecular weight excluding hydrogens is 390 g/mol. The monoisotopic (exact) mass is 419 g/mol. The predicted octanol–water partition coefficient (Wildman–Crippen LogP) is 4.06. The van der Waals surface area contributed by atoms with Crippen LogP contribution in [0.1, 0.15) is 30.7 Å². The standard InChI is InChI=1S/C25H29N3O3/c1-30-22-9-5-6-19(16-22)18-28-14-12-21(13-15-28)27-24(29)10-11-25-26-17-23(31-25)20-7-3-2-4-8-20/h2-9,16-17,21H,10-15,18H2,1H3,(H,27,29). The Morgan fingerprint density at radius 2 is 1.97 bits per heavy atom. The van der Waals surface area contributed by atoms with Crippen molar-refractivity contribution in [3.05, 3.63) is 72.2 Å². The van der Waals surface area contributed by atoms with Crippen molar-refractivity contribution >= 4 is 5.91 Å². The number of hydrogen-bond acceptors (Lipinski definition) is 5. The predicted molar refractivity (Wildman–Crippen MR) is 120 cm³/mol. The smallest absolute Gasteiger partial charge is 0.220 e. The Hall–Kier alpha value is -3.12. The Morgan fingerprint density at radius 1 is 1.16 bits per heavy atom. The van der Waals surface area contributed by atoms with Crippen molar-refractivity contribution in [2.75, 3.05) is 20.2 Å². The van der Waals surface area contributed by atoms with Crippen LogP contribution in [0, 0.1) is 0 Å².